The molecule has 0 fully saturated rings. The highest BCUT2D eigenvalue weighted by molar-refractivity contribution is 9.10. The molecule has 4 nitrogen and oxygen atoms in total. The van der Waals surface area contributed by atoms with Crippen LogP contribution in [0, 0.1) is 0 Å². The topological polar surface area (TPSA) is 54.9 Å². The van der Waals surface area contributed by atoms with Crippen LogP contribution in [0.5, 0.6) is 0 Å². The van der Waals surface area contributed by atoms with Gasteiger partial charge in [-0.25, -0.2) is 0 Å². The van der Waals surface area contributed by atoms with Crippen LogP contribution in [0.1, 0.15) is 28.3 Å². The smallest absolute Gasteiger partial charge is 0.282 e. The van der Waals surface area contributed by atoms with Gasteiger partial charge in [-0.15, -0.1) is 10.2 Å². The SMILES string of the molecule is CC(NC(=O)c1nnc(Cl)s1)c1ccc(Br)cc1. The van der Waals surface area contributed by atoms with Gasteiger partial charge in [0.2, 0.25) is 9.47 Å². The van der Waals surface area contributed by atoms with Crippen molar-refractivity contribution < 1.29 is 4.79 Å². The average molecular weight is 347 g/mol. The van der Waals surface area contributed by atoms with E-state index < -0.39 is 0 Å². The van der Waals surface area contributed by atoms with Gasteiger partial charge in [-0.05, 0) is 36.2 Å². The molecule has 2 rings (SSSR count). The summed E-state index contributed by atoms with van der Waals surface area (Å²) < 4.78 is 1.26. The predicted octanol–water partition coefficient (Wildman–Crippen LogP) is 3.45. The molecule has 2 aromatic rings. The molecule has 94 valence electrons. The van der Waals surface area contributed by atoms with Crippen molar-refractivity contribution in [2.75, 3.05) is 0 Å². The highest BCUT2D eigenvalue weighted by Crippen LogP contribution is 2.18. The molecule has 1 unspecified atom stereocenters. The number of rotatable bonds is 3. The second kappa shape index (κ2) is 5.77. The van der Waals surface area contributed by atoms with E-state index in [1.165, 1.54) is 0 Å². The molecule has 0 aliphatic carbocycles. The molecule has 0 aliphatic heterocycles. The predicted molar refractivity (Wildman–Crippen MR) is 74.9 cm³/mol. The number of hydrogen-bond acceptors (Lipinski definition) is 4. The largest absolute Gasteiger partial charge is 0.343 e. The summed E-state index contributed by atoms with van der Waals surface area (Å²) in [5.74, 6) is -0.269. The Morgan fingerprint density at radius 1 is 1.39 bits per heavy atom. The summed E-state index contributed by atoms with van der Waals surface area (Å²) in [4.78, 5) is 11.8. The number of hydrogen-bond donors (Lipinski definition) is 1. The van der Waals surface area contributed by atoms with E-state index in [1.54, 1.807) is 0 Å². The third kappa shape index (κ3) is 3.28. The minimum atomic E-state index is -0.269. The zero-order valence-electron chi connectivity index (χ0n) is 9.35. The highest BCUT2D eigenvalue weighted by atomic mass is 79.9. The third-order valence-corrected chi connectivity index (χ3v) is 3.86. The molecule has 1 aromatic carbocycles. The number of nitrogens with zero attached hydrogens (tertiary/aromatic N) is 2. The number of aromatic nitrogens is 2. The van der Waals surface area contributed by atoms with Crippen molar-refractivity contribution in [1.29, 1.82) is 0 Å². The summed E-state index contributed by atoms with van der Waals surface area (Å²) in [5, 5.41) is 10.4. The molecule has 0 spiro atoms. The van der Waals surface area contributed by atoms with Crippen LogP contribution in [0.25, 0.3) is 0 Å². The normalized spacial score (nSPS) is 12.2. The number of halogens is 2. The van der Waals surface area contributed by atoms with Gasteiger partial charge >= 0.3 is 0 Å². The highest BCUT2D eigenvalue weighted by Gasteiger charge is 2.15. The van der Waals surface area contributed by atoms with Crippen LogP contribution < -0.4 is 5.32 Å². The van der Waals surface area contributed by atoms with Crippen molar-refractivity contribution in [2.45, 2.75) is 13.0 Å². The van der Waals surface area contributed by atoms with Gasteiger partial charge in [-0.1, -0.05) is 39.4 Å². The van der Waals surface area contributed by atoms with Crippen molar-refractivity contribution in [1.82, 2.24) is 15.5 Å². The maximum Gasteiger partial charge on any atom is 0.282 e. The molecule has 0 radical (unpaired) electrons. The first-order valence-electron chi connectivity index (χ1n) is 5.11. The van der Waals surface area contributed by atoms with Crippen molar-refractivity contribution in [2.24, 2.45) is 0 Å². The molecule has 0 saturated carbocycles. The Labute approximate surface area is 122 Å². The second-order valence-corrected chi connectivity index (χ2v) is 6.08. The van der Waals surface area contributed by atoms with E-state index in [1.807, 2.05) is 31.2 Å². The van der Waals surface area contributed by atoms with Crippen molar-refractivity contribution in [3.63, 3.8) is 0 Å². The van der Waals surface area contributed by atoms with Crippen LogP contribution in [-0.4, -0.2) is 16.1 Å². The zero-order chi connectivity index (χ0) is 13.1. The van der Waals surface area contributed by atoms with Crippen molar-refractivity contribution in [3.8, 4) is 0 Å². The maximum absolute atomic E-state index is 11.8. The summed E-state index contributed by atoms with van der Waals surface area (Å²) in [6.07, 6.45) is 0. The number of amides is 1. The van der Waals surface area contributed by atoms with Crippen LogP contribution in [0.4, 0.5) is 0 Å². The van der Waals surface area contributed by atoms with Crippen LogP contribution in [0.2, 0.25) is 4.47 Å². The van der Waals surface area contributed by atoms with Crippen LogP contribution in [0.3, 0.4) is 0 Å². The Morgan fingerprint density at radius 3 is 2.61 bits per heavy atom. The first-order valence-corrected chi connectivity index (χ1v) is 7.10. The van der Waals surface area contributed by atoms with Gasteiger partial charge in [0.15, 0.2) is 0 Å². The fourth-order valence-electron chi connectivity index (χ4n) is 1.39. The summed E-state index contributed by atoms with van der Waals surface area (Å²) in [6, 6.07) is 7.65. The number of nitrogens with one attached hydrogen (secondary N) is 1. The Balaban J connectivity index is 2.05. The summed E-state index contributed by atoms with van der Waals surface area (Å²) >= 11 is 10.1. The molecule has 7 heteroatoms. The lowest BCUT2D eigenvalue weighted by atomic mass is 10.1. The van der Waals surface area contributed by atoms with Gasteiger partial charge in [0.05, 0.1) is 6.04 Å². The molecular weight excluding hydrogens is 338 g/mol. The van der Waals surface area contributed by atoms with Gasteiger partial charge in [0.1, 0.15) is 0 Å². The molecule has 18 heavy (non-hydrogen) atoms. The van der Waals surface area contributed by atoms with E-state index in [4.69, 9.17) is 11.6 Å². The molecule has 0 saturated heterocycles. The summed E-state index contributed by atoms with van der Waals surface area (Å²) in [6.45, 7) is 1.91. The number of carbonyl (C=O) groups excluding carboxylic acids is 1. The van der Waals surface area contributed by atoms with Crippen LogP contribution >= 0.6 is 38.9 Å². The maximum atomic E-state index is 11.8. The molecule has 1 amide bonds. The van der Waals surface area contributed by atoms with E-state index in [-0.39, 0.29) is 21.4 Å². The van der Waals surface area contributed by atoms with E-state index in [2.05, 4.69) is 31.4 Å². The molecule has 1 N–H and O–H groups in total. The van der Waals surface area contributed by atoms with Crippen molar-refractivity contribution in [3.05, 3.63) is 43.8 Å². The fraction of sp³-hybridized carbons (Fsp3) is 0.182. The van der Waals surface area contributed by atoms with E-state index in [9.17, 15) is 4.79 Å². The summed E-state index contributed by atoms with van der Waals surface area (Å²) in [7, 11) is 0. The van der Waals surface area contributed by atoms with Gasteiger partial charge in [0, 0.05) is 4.47 Å². The lowest BCUT2D eigenvalue weighted by Gasteiger charge is -2.13. The molecule has 0 aliphatic rings. The van der Waals surface area contributed by atoms with Gasteiger partial charge in [-0.3, -0.25) is 4.79 Å². The Kier molecular flexibility index (Phi) is 4.31. The fourth-order valence-corrected chi connectivity index (χ4v) is 2.39. The van der Waals surface area contributed by atoms with Gasteiger partial charge in [0.25, 0.3) is 5.91 Å². The Hall–Kier alpha value is -0.980. The third-order valence-electron chi connectivity index (χ3n) is 2.31. The standard InChI is InChI=1S/C11H9BrClN3OS/c1-6(7-2-4-8(12)5-3-7)14-9(17)10-15-16-11(13)18-10/h2-6H,1H3,(H,14,17). The first-order chi connectivity index (χ1) is 8.56. The Morgan fingerprint density at radius 2 is 2.06 bits per heavy atom. The average Bonchev–Trinajstić information content (AvgIpc) is 2.76. The number of benzene rings is 1. The number of carbonyl (C=O) groups is 1. The second-order valence-electron chi connectivity index (χ2n) is 3.61. The van der Waals surface area contributed by atoms with E-state index in [0.29, 0.717) is 0 Å². The van der Waals surface area contributed by atoms with Gasteiger partial charge < -0.3 is 5.32 Å². The molecular formula is C11H9BrClN3OS. The van der Waals surface area contributed by atoms with Gasteiger partial charge in [-0.2, -0.15) is 0 Å². The first kappa shape index (κ1) is 13.5. The van der Waals surface area contributed by atoms with E-state index >= 15 is 0 Å². The minimum absolute atomic E-state index is 0.103. The lowest BCUT2D eigenvalue weighted by Crippen LogP contribution is -2.26. The Bertz CT molecular complexity index is 558. The lowest BCUT2D eigenvalue weighted by molar-refractivity contribution is 0.0939. The molecule has 1 aromatic heterocycles. The van der Waals surface area contributed by atoms with E-state index in [0.717, 1.165) is 21.4 Å². The monoisotopic (exact) mass is 345 g/mol. The quantitative estimate of drug-likeness (QED) is 0.926. The molecule has 1 atom stereocenters. The van der Waals surface area contributed by atoms with Crippen molar-refractivity contribution >= 4 is 44.8 Å². The summed E-state index contributed by atoms with van der Waals surface area (Å²) in [5.41, 5.74) is 1.02. The van der Waals surface area contributed by atoms with Crippen LogP contribution in [-0.2, 0) is 0 Å². The molecule has 0 bridgehead atoms. The zero-order valence-corrected chi connectivity index (χ0v) is 12.5. The van der Waals surface area contributed by atoms with Crippen LogP contribution in [0.15, 0.2) is 28.7 Å². The minimum Gasteiger partial charge on any atom is -0.343 e. The molecule has 1 heterocycles.